The Morgan fingerprint density at radius 3 is 2.90 bits per heavy atom. The van der Waals surface area contributed by atoms with E-state index in [1.807, 2.05) is 6.92 Å². The first-order valence-electron chi connectivity index (χ1n) is 6.16. The Hall–Kier alpha value is -2.71. The average molecular weight is 276 g/mol. The molecule has 1 unspecified atom stereocenters. The van der Waals surface area contributed by atoms with E-state index in [2.05, 4.69) is 30.7 Å². The fraction of sp³-hybridized carbons (Fsp3) is 0.364. The van der Waals surface area contributed by atoms with Crippen molar-refractivity contribution in [1.82, 2.24) is 30.0 Å². The van der Waals surface area contributed by atoms with Gasteiger partial charge in [0, 0.05) is 18.9 Å². The largest absolute Gasteiger partial charge is 0.368 e. The molecule has 9 heteroatoms. The molecule has 0 aliphatic heterocycles. The number of carbonyl (C=O) groups excluding carboxylic acids is 1. The molecule has 0 radical (unpaired) electrons. The Kier molecular flexibility index (Phi) is 4.08. The fourth-order valence-corrected chi connectivity index (χ4v) is 1.52. The molecule has 1 atom stereocenters. The number of nitrogen functional groups attached to an aromatic ring is 1. The minimum Gasteiger partial charge on any atom is -0.368 e. The lowest BCUT2D eigenvalue weighted by molar-refractivity contribution is -0.121. The maximum Gasteiger partial charge on any atom is 0.257 e. The SMILES string of the molecule is CCNC(=O)C(C)Nc1nc(N)nc(-n2cccn2)n1. The second kappa shape index (κ2) is 5.95. The molecular weight excluding hydrogens is 260 g/mol. The van der Waals surface area contributed by atoms with Crippen molar-refractivity contribution in [3.8, 4) is 5.95 Å². The second-order valence-corrected chi connectivity index (χ2v) is 4.03. The fourth-order valence-electron chi connectivity index (χ4n) is 1.52. The molecule has 2 aromatic heterocycles. The van der Waals surface area contributed by atoms with E-state index in [1.54, 1.807) is 25.4 Å². The van der Waals surface area contributed by atoms with Crippen LogP contribution in [0.1, 0.15) is 13.8 Å². The van der Waals surface area contributed by atoms with Gasteiger partial charge in [0.25, 0.3) is 5.95 Å². The monoisotopic (exact) mass is 276 g/mol. The first-order valence-corrected chi connectivity index (χ1v) is 6.16. The van der Waals surface area contributed by atoms with Crippen LogP contribution in [0.5, 0.6) is 0 Å². The van der Waals surface area contributed by atoms with Crippen LogP contribution in [-0.2, 0) is 4.79 Å². The summed E-state index contributed by atoms with van der Waals surface area (Å²) in [5, 5.41) is 9.59. The third kappa shape index (κ3) is 3.19. The van der Waals surface area contributed by atoms with Gasteiger partial charge in [0.05, 0.1) is 0 Å². The van der Waals surface area contributed by atoms with E-state index in [0.717, 1.165) is 0 Å². The molecule has 0 aliphatic carbocycles. The number of nitrogens with zero attached hydrogens (tertiary/aromatic N) is 5. The third-order valence-electron chi connectivity index (χ3n) is 2.44. The van der Waals surface area contributed by atoms with Crippen molar-refractivity contribution in [2.45, 2.75) is 19.9 Å². The van der Waals surface area contributed by atoms with Crippen molar-refractivity contribution >= 4 is 17.8 Å². The standard InChI is InChI=1S/C11H16N8O/c1-3-13-8(20)7(2)15-10-16-9(12)17-11(18-10)19-6-4-5-14-19/h4-7H,3H2,1-2H3,(H,13,20)(H3,12,15,16,17,18). The first kappa shape index (κ1) is 13.7. The Bertz CT molecular complexity index is 582. The van der Waals surface area contributed by atoms with Crippen molar-refractivity contribution in [2.24, 2.45) is 0 Å². The number of anilines is 2. The van der Waals surface area contributed by atoms with Gasteiger partial charge in [0.2, 0.25) is 17.8 Å². The van der Waals surface area contributed by atoms with E-state index < -0.39 is 6.04 Å². The molecule has 0 fully saturated rings. The van der Waals surface area contributed by atoms with Gasteiger partial charge in [-0.15, -0.1) is 0 Å². The van der Waals surface area contributed by atoms with Crippen LogP contribution in [0.3, 0.4) is 0 Å². The van der Waals surface area contributed by atoms with Crippen molar-refractivity contribution in [2.75, 3.05) is 17.6 Å². The van der Waals surface area contributed by atoms with Gasteiger partial charge in [-0.05, 0) is 19.9 Å². The van der Waals surface area contributed by atoms with Crippen molar-refractivity contribution in [3.63, 3.8) is 0 Å². The lowest BCUT2D eigenvalue weighted by Crippen LogP contribution is -2.37. The molecule has 0 spiro atoms. The van der Waals surface area contributed by atoms with Gasteiger partial charge in [-0.25, -0.2) is 4.68 Å². The molecule has 2 rings (SSSR count). The zero-order chi connectivity index (χ0) is 14.5. The highest BCUT2D eigenvalue weighted by atomic mass is 16.2. The number of amides is 1. The van der Waals surface area contributed by atoms with E-state index in [4.69, 9.17) is 5.73 Å². The molecular formula is C11H16N8O. The van der Waals surface area contributed by atoms with Crippen LogP contribution in [0.25, 0.3) is 5.95 Å². The topological polar surface area (TPSA) is 124 Å². The summed E-state index contributed by atoms with van der Waals surface area (Å²) in [6.45, 7) is 4.11. The van der Waals surface area contributed by atoms with Crippen LogP contribution in [0, 0.1) is 0 Å². The van der Waals surface area contributed by atoms with E-state index >= 15 is 0 Å². The van der Waals surface area contributed by atoms with Gasteiger partial charge < -0.3 is 16.4 Å². The lowest BCUT2D eigenvalue weighted by atomic mass is 10.3. The maximum absolute atomic E-state index is 11.7. The first-order chi connectivity index (χ1) is 9.60. The summed E-state index contributed by atoms with van der Waals surface area (Å²) in [4.78, 5) is 23.7. The van der Waals surface area contributed by atoms with E-state index in [9.17, 15) is 4.79 Å². The highest BCUT2D eigenvalue weighted by Gasteiger charge is 2.14. The number of hydrogen-bond acceptors (Lipinski definition) is 7. The van der Waals surface area contributed by atoms with Crippen LogP contribution in [0.4, 0.5) is 11.9 Å². The predicted octanol–water partition coefficient (Wildman–Crippen LogP) is -0.424. The van der Waals surface area contributed by atoms with Crippen LogP contribution in [0.2, 0.25) is 0 Å². The Labute approximate surface area is 115 Å². The minimum absolute atomic E-state index is 0.0519. The van der Waals surface area contributed by atoms with Crippen molar-refractivity contribution in [3.05, 3.63) is 18.5 Å². The van der Waals surface area contributed by atoms with Gasteiger partial charge in [-0.3, -0.25) is 4.79 Å². The molecule has 0 aliphatic rings. The molecule has 0 saturated heterocycles. The van der Waals surface area contributed by atoms with Crippen LogP contribution >= 0.6 is 0 Å². The number of rotatable bonds is 5. The highest BCUT2D eigenvalue weighted by Crippen LogP contribution is 2.07. The van der Waals surface area contributed by atoms with Crippen LogP contribution in [0.15, 0.2) is 18.5 Å². The number of likely N-dealkylation sites (N-methyl/N-ethyl adjacent to an activating group) is 1. The van der Waals surface area contributed by atoms with Crippen LogP contribution < -0.4 is 16.4 Å². The lowest BCUT2D eigenvalue weighted by Gasteiger charge is -2.13. The summed E-state index contributed by atoms with van der Waals surface area (Å²) < 4.78 is 1.46. The summed E-state index contributed by atoms with van der Waals surface area (Å²) in [5.74, 6) is 0.415. The number of hydrogen-bond donors (Lipinski definition) is 3. The summed E-state index contributed by atoms with van der Waals surface area (Å²) in [7, 11) is 0. The molecule has 1 amide bonds. The zero-order valence-electron chi connectivity index (χ0n) is 11.2. The maximum atomic E-state index is 11.7. The molecule has 0 bridgehead atoms. The Morgan fingerprint density at radius 1 is 1.45 bits per heavy atom. The van der Waals surface area contributed by atoms with Gasteiger partial charge in [-0.1, -0.05) is 0 Å². The molecule has 20 heavy (non-hydrogen) atoms. The Balaban J connectivity index is 2.18. The zero-order valence-corrected chi connectivity index (χ0v) is 11.2. The Morgan fingerprint density at radius 2 is 2.25 bits per heavy atom. The number of carbonyl (C=O) groups is 1. The number of nitrogens with one attached hydrogen (secondary N) is 2. The quantitative estimate of drug-likeness (QED) is 0.677. The number of nitrogens with two attached hydrogens (primary N) is 1. The molecule has 9 nitrogen and oxygen atoms in total. The molecule has 2 aromatic rings. The molecule has 106 valence electrons. The van der Waals surface area contributed by atoms with E-state index in [1.165, 1.54) is 4.68 Å². The van der Waals surface area contributed by atoms with Gasteiger partial charge in [0.15, 0.2) is 0 Å². The summed E-state index contributed by atoms with van der Waals surface area (Å²) >= 11 is 0. The normalized spacial score (nSPS) is 11.9. The summed E-state index contributed by atoms with van der Waals surface area (Å²) in [6.07, 6.45) is 3.29. The highest BCUT2D eigenvalue weighted by molar-refractivity contribution is 5.83. The summed E-state index contributed by atoms with van der Waals surface area (Å²) in [5.41, 5.74) is 5.63. The smallest absolute Gasteiger partial charge is 0.257 e. The van der Waals surface area contributed by atoms with Gasteiger partial charge in [-0.2, -0.15) is 20.1 Å². The third-order valence-corrected chi connectivity index (χ3v) is 2.44. The number of aromatic nitrogens is 5. The molecule has 4 N–H and O–H groups in total. The van der Waals surface area contributed by atoms with Gasteiger partial charge in [0.1, 0.15) is 6.04 Å². The average Bonchev–Trinajstić information content (AvgIpc) is 2.92. The van der Waals surface area contributed by atoms with E-state index in [-0.39, 0.29) is 23.8 Å². The predicted molar refractivity (Wildman–Crippen MR) is 73.1 cm³/mol. The minimum atomic E-state index is -0.484. The van der Waals surface area contributed by atoms with Crippen molar-refractivity contribution < 1.29 is 4.79 Å². The molecule has 0 saturated carbocycles. The van der Waals surface area contributed by atoms with Gasteiger partial charge >= 0.3 is 0 Å². The second-order valence-electron chi connectivity index (χ2n) is 4.03. The van der Waals surface area contributed by atoms with Crippen molar-refractivity contribution in [1.29, 1.82) is 0 Å². The van der Waals surface area contributed by atoms with Crippen LogP contribution in [-0.4, -0.2) is 43.2 Å². The van der Waals surface area contributed by atoms with E-state index in [0.29, 0.717) is 6.54 Å². The molecule has 2 heterocycles. The summed E-state index contributed by atoms with van der Waals surface area (Å²) in [6, 6.07) is 1.26. The molecule has 0 aromatic carbocycles.